The van der Waals surface area contributed by atoms with Gasteiger partial charge in [-0.15, -0.1) is 0 Å². The molecule has 0 bridgehead atoms. The van der Waals surface area contributed by atoms with E-state index < -0.39 is 0 Å². The number of nitrogens with zero attached hydrogens (tertiary/aromatic N) is 1. The molecule has 6 heteroatoms. The van der Waals surface area contributed by atoms with Crippen molar-refractivity contribution >= 4 is 22.6 Å². The number of carbonyl (C=O) groups is 2. The van der Waals surface area contributed by atoms with E-state index in [-0.39, 0.29) is 11.9 Å². The number of ketones is 1. The van der Waals surface area contributed by atoms with Gasteiger partial charge in [0.15, 0.2) is 0 Å². The van der Waals surface area contributed by atoms with E-state index in [1.165, 1.54) is 5.56 Å². The molecule has 2 heterocycles. The summed E-state index contributed by atoms with van der Waals surface area (Å²) in [6.45, 7) is 5.99. The lowest BCUT2D eigenvalue weighted by Crippen LogP contribution is -2.30. The van der Waals surface area contributed by atoms with Gasteiger partial charge in [-0.25, -0.2) is 4.98 Å². The lowest BCUT2D eigenvalue weighted by molar-refractivity contribution is -0.121. The Morgan fingerprint density at radius 1 is 1.00 bits per heavy atom. The number of benzene rings is 2. The van der Waals surface area contributed by atoms with E-state index in [1.54, 1.807) is 0 Å². The molecule has 0 aliphatic heterocycles. The number of amides is 1. The maximum Gasteiger partial charge on any atom is 0.225 e. The van der Waals surface area contributed by atoms with Crippen LogP contribution in [0.2, 0.25) is 0 Å². The zero-order valence-electron chi connectivity index (χ0n) is 21.5. The van der Waals surface area contributed by atoms with Crippen molar-refractivity contribution in [3.63, 3.8) is 0 Å². The predicted molar refractivity (Wildman–Crippen MR) is 145 cm³/mol. The van der Waals surface area contributed by atoms with Crippen molar-refractivity contribution in [1.82, 2.24) is 20.3 Å². The number of hydrogen-bond donors (Lipinski definition) is 3. The molecule has 0 radical (unpaired) electrons. The zero-order chi connectivity index (χ0) is 25.5. The SMILES string of the molecule is CCC(=O)CCCCC[C@H](NC(=O)Cc1c(C)[nH]c2ccc(C)cc12)c1ncc(-c2ccccc2)[nH]1. The van der Waals surface area contributed by atoms with Gasteiger partial charge in [0.05, 0.1) is 24.4 Å². The van der Waals surface area contributed by atoms with Gasteiger partial charge in [-0.3, -0.25) is 9.59 Å². The summed E-state index contributed by atoms with van der Waals surface area (Å²) in [5.41, 5.74) is 6.27. The molecule has 0 aliphatic rings. The maximum absolute atomic E-state index is 13.3. The number of nitrogens with one attached hydrogen (secondary N) is 3. The van der Waals surface area contributed by atoms with Gasteiger partial charge in [0.2, 0.25) is 5.91 Å². The van der Waals surface area contributed by atoms with E-state index in [1.807, 2.05) is 50.4 Å². The number of aryl methyl sites for hydroxylation is 2. The molecule has 36 heavy (non-hydrogen) atoms. The molecule has 1 atom stereocenters. The Hall–Kier alpha value is -3.67. The quantitative estimate of drug-likeness (QED) is 0.200. The van der Waals surface area contributed by atoms with Gasteiger partial charge in [0.25, 0.3) is 0 Å². The number of carbonyl (C=O) groups excluding carboxylic acids is 2. The molecule has 6 nitrogen and oxygen atoms in total. The van der Waals surface area contributed by atoms with E-state index in [0.29, 0.717) is 25.0 Å². The highest BCUT2D eigenvalue weighted by atomic mass is 16.1. The summed E-state index contributed by atoms with van der Waals surface area (Å²) in [6.07, 6.45) is 6.87. The third-order valence-corrected chi connectivity index (χ3v) is 6.80. The Morgan fingerprint density at radius 2 is 1.81 bits per heavy atom. The first-order valence-corrected chi connectivity index (χ1v) is 12.9. The standard InChI is InChI=1S/C30H36N4O2/c1-4-23(35)13-9-6-10-14-27(30-31-19-28(34-30)22-11-7-5-8-12-22)33-29(36)18-24-21(3)32-26-16-15-20(2)17-25(24)26/h5,7-8,11-12,15-17,19,27,32H,4,6,9-10,13-14,18H2,1-3H3,(H,31,34)(H,33,36)/t27-/m0/s1. The van der Waals surface area contributed by atoms with Crippen LogP contribution in [0.15, 0.2) is 54.7 Å². The van der Waals surface area contributed by atoms with Crippen molar-refractivity contribution < 1.29 is 9.59 Å². The first-order valence-electron chi connectivity index (χ1n) is 12.9. The van der Waals surface area contributed by atoms with Gasteiger partial charge in [-0.05, 0) is 49.9 Å². The minimum atomic E-state index is -0.218. The number of aromatic nitrogens is 3. The van der Waals surface area contributed by atoms with Crippen LogP contribution in [0.1, 0.15) is 74.1 Å². The lowest BCUT2D eigenvalue weighted by Gasteiger charge is -2.17. The summed E-state index contributed by atoms with van der Waals surface area (Å²) in [5.74, 6) is 1.05. The highest BCUT2D eigenvalue weighted by Gasteiger charge is 2.20. The second-order valence-electron chi connectivity index (χ2n) is 9.61. The third-order valence-electron chi connectivity index (χ3n) is 6.80. The van der Waals surface area contributed by atoms with E-state index in [9.17, 15) is 9.59 Å². The van der Waals surface area contributed by atoms with Crippen molar-refractivity contribution in [3.05, 3.63) is 77.4 Å². The van der Waals surface area contributed by atoms with Crippen molar-refractivity contribution in [2.24, 2.45) is 0 Å². The highest BCUT2D eigenvalue weighted by molar-refractivity contribution is 5.90. The fourth-order valence-corrected chi connectivity index (χ4v) is 4.71. The molecule has 0 spiro atoms. The monoisotopic (exact) mass is 484 g/mol. The molecule has 0 aliphatic carbocycles. The fraction of sp³-hybridized carbons (Fsp3) is 0.367. The normalized spacial score (nSPS) is 12.1. The van der Waals surface area contributed by atoms with E-state index in [2.05, 4.69) is 45.4 Å². The van der Waals surface area contributed by atoms with Crippen LogP contribution in [-0.4, -0.2) is 26.6 Å². The van der Waals surface area contributed by atoms with Gasteiger partial charge < -0.3 is 15.3 Å². The molecule has 0 unspecified atom stereocenters. The third kappa shape index (κ3) is 6.30. The summed E-state index contributed by atoms with van der Waals surface area (Å²) < 4.78 is 0. The Balaban J connectivity index is 1.48. The molecular formula is C30H36N4O2. The van der Waals surface area contributed by atoms with Crippen LogP contribution in [0.5, 0.6) is 0 Å². The first-order chi connectivity index (χ1) is 17.4. The first kappa shape index (κ1) is 25.4. The topological polar surface area (TPSA) is 90.6 Å². The molecule has 2 aromatic heterocycles. The molecular weight excluding hydrogens is 448 g/mol. The van der Waals surface area contributed by atoms with Gasteiger partial charge in [-0.2, -0.15) is 0 Å². The number of hydrogen-bond acceptors (Lipinski definition) is 3. The second kappa shape index (κ2) is 11.8. The number of unbranched alkanes of at least 4 members (excludes halogenated alkanes) is 2. The minimum Gasteiger partial charge on any atom is -0.358 e. The molecule has 4 aromatic rings. The molecule has 1 amide bonds. The second-order valence-corrected chi connectivity index (χ2v) is 9.61. The minimum absolute atomic E-state index is 0.0238. The number of Topliss-reactive ketones (excluding diaryl/α,β-unsaturated/α-hetero) is 1. The summed E-state index contributed by atoms with van der Waals surface area (Å²) in [4.78, 5) is 36.3. The van der Waals surface area contributed by atoms with E-state index in [0.717, 1.165) is 64.9 Å². The van der Waals surface area contributed by atoms with E-state index >= 15 is 0 Å². The van der Waals surface area contributed by atoms with Crippen molar-refractivity contribution in [3.8, 4) is 11.3 Å². The number of H-pyrrole nitrogens is 2. The van der Waals surface area contributed by atoms with Crippen LogP contribution < -0.4 is 5.32 Å². The summed E-state index contributed by atoms with van der Waals surface area (Å²) in [6, 6.07) is 16.1. The Kier molecular flexibility index (Phi) is 8.36. The Morgan fingerprint density at radius 3 is 2.58 bits per heavy atom. The van der Waals surface area contributed by atoms with Gasteiger partial charge in [0.1, 0.15) is 11.6 Å². The summed E-state index contributed by atoms with van der Waals surface area (Å²) >= 11 is 0. The van der Waals surface area contributed by atoms with Crippen LogP contribution in [0.3, 0.4) is 0 Å². The number of fused-ring (bicyclic) bond motifs is 1. The molecule has 188 valence electrons. The Labute approximate surface area is 212 Å². The molecule has 0 saturated carbocycles. The fourth-order valence-electron chi connectivity index (χ4n) is 4.71. The lowest BCUT2D eigenvalue weighted by atomic mass is 10.0. The van der Waals surface area contributed by atoms with Crippen molar-refractivity contribution in [1.29, 1.82) is 0 Å². The predicted octanol–water partition coefficient (Wildman–Crippen LogP) is 6.50. The molecule has 0 saturated heterocycles. The van der Waals surface area contributed by atoms with Crippen LogP contribution in [0, 0.1) is 13.8 Å². The van der Waals surface area contributed by atoms with Crippen LogP contribution in [-0.2, 0) is 16.0 Å². The Bertz CT molecular complexity index is 1320. The molecule has 2 aromatic carbocycles. The molecule has 0 fully saturated rings. The van der Waals surface area contributed by atoms with E-state index in [4.69, 9.17) is 0 Å². The number of rotatable bonds is 12. The smallest absolute Gasteiger partial charge is 0.225 e. The average Bonchev–Trinajstić information content (AvgIpc) is 3.49. The molecule has 3 N–H and O–H groups in total. The van der Waals surface area contributed by atoms with Gasteiger partial charge in [0, 0.05) is 29.4 Å². The van der Waals surface area contributed by atoms with Crippen LogP contribution in [0.25, 0.3) is 22.2 Å². The number of aromatic amines is 2. The van der Waals surface area contributed by atoms with Gasteiger partial charge >= 0.3 is 0 Å². The van der Waals surface area contributed by atoms with Crippen molar-refractivity contribution in [2.45, 2.75) is 71.8 Å². The zero-order valence-corrected chi connectivity index (χ0v) is 21.5. The molecule has 4 rings (SSSR count). The maximum atomic E-state index is 13.3. The summed E-state index contributed by atoms with van der Waals surface area (Å²) in [7, 11) is 0. The van der Waals surface area contributed by atoms with Crippen LogP contribution >= 0.6 is 0 Å². The highest BCUT2D eigenvalue weighted by Crippen LogP contribution is 2.26. The number of imidazole rings is 1. The van der Waals surface area contributed by atoms with Crippen LogP contribution in [0.4, 0.5) is 0 Å². The van der Waals surface area contributed by atoms with Gasteiger partial charge in [-0.1, -0.05) is 61.7 Å². The average molecular weight is 485 g/mol. The summed E-state index contributed by atoms with van der Waals surface area (Å²) in [5, 5.41) is 4.34. The van der Waals surface area contributed by atoms with Crippen molar-refractivity contribution in [2.75, 3.05) is 0 Å². The largest absolute Gasteiger partial charge is 0.358 e.